The van der Waals surface area contributed by atoms with Crippen molar-refractivity contribution in [3.05, 3.63) is 23.9 Å². The first-order chi connectivity index (χ1) is 5.83. The number of allylic oxidation sites excluding steroid dienone is 2. The van der Waals surface area contributed by atoms with Crippen molar-refractivity contribution in [1.29, 1.82) is 5.26 Å². The van der Waals surface area contributed by atoms with Crippen LogP contribution in [0.25, 0.3) is 0 Å². The molecule has 2 heterocycles. The van der Waals surface area contributed by atoms with Crippen LogP contribution < -0.4 is 0 Å². The predicted molar refractivity (Wildman–Crippen MR) is 49.3 cm³/mol. The lowest BCUT2D eigenvalue weighted by molar-refractivity contribution is -0.479. The summed E-state index contributed by atoms with van der Waals surface area (Å²) in [6, 6.07) is 2.12. The van der Waals surface area contributed by atoms with Crippen molar-refractivity contribution in [3.8, 4) is 6.07 Å². The van der Waals surface area contributed by atoms with Crippen molar-refractivity contribution in [3.63, 3.8) is 0 Å². The highest BCUT2D eigenvalue weighted by molar-refractivity contribution is 9.19. The first-order valence-electron chi connectivity index (χ1n) is 3.45. The fraction of sp³-hybridized carbons (Fsp3) is 0.125. The molecule has 0 saturated carbocycles. The van der Waals surface area contributed by atoms with Gasteiger partial charge in [0.05, 0.1) is 0 Å². The molecular weight excluding hydrogens is 218 g/mol. The Morgan fingerprint density at radius 1 is 1.67 bits per heavy atom. The number of nitrogens with zero attached hydrogens (tertiary/aromatic N) is 3. The third-order valence-electron chi connectivity index (χ3n) is 1.76. The topological polar surface area (TPSA) is 39.2 Å². The molecule has 0 saturated heterocycles. The summed E-state index contributed by atoms with van der Waals surface area (Å²) in [7, 11) is 0. The molecule has 2 rings (SSSR count). The van der Waals surface area contributed by atoms with Crippen molar-refractivity contribution in [1.82, 2.24) is 0 Å². The third kappa shape index (κ3) is 0.942. The Bertz CT molecular complexity index is 382. The lowest BCUT2D eigenvalue weighted by Crippen LogP contribution is -2.22. The number of halogens is 1. The van der Waals surface area contributed by atoms with Gasteiger partial charge in [-0.15, -0.1) is 0 Å². The van der Waals surface area contributed by atoms with Gasteiger partial charge in [-0.3, -0.25) is 0 Å². The zero-order valence-corrected chi connectivity index (χ0v) is 7.69. The quantitative estimate of drug-likeness (QED) is 0.568. The molecule has 0 N–H and O–H groups in total. The van der Waals surface area contributed by atoms with Gasteiger partial charge in [0.1, 0.15) is 17.9 Å². The van der Waals surface area contributed by atoms with E-state index in [-0.39, 0.29) is 6.17 Å². The van der Waals surface area contributed by atoms with Crippen LogP contribution >= 0.6 is 15.9 Å². The molecule has 3 nitrogen and oxygen atoms in total. The van der Waals surface area contributed by atoms with Crippen molar-refractivity contribution in [2.75, 3.05) is 0 Å². The number of nitriles is 1. The van der Waals surface area contributed by atoms with E-state index in [0.29, 0.717) is 5.57 Å². The molecule has 4 heteroatoms. The average Bonchev–Trinajstić information content (AvgIpc) is 2.48. The van der Waals surface area contributed by atoms with Crippen LogP contribution in [0.1, 0.15) is 0 Å². The van der Waals surface area contributed by atoms with E-state index < -0.39 is 0 Å². The van der Waals surface area contributed by atoms with Gasteiger partial charge in [-0.2, -0.15) is 9.84 Å². The second-order valence-electron chi connectivity index (χ2n) is 2.46. The number of fused-ring (bicyclic) bond motifs is 1. The monoisotopic (exact) mass is 222 g/mol. The summed E-state index contributed by atoms with van der Waals surface area (Å²) in [5.41, 5.74) is 0.670. The van der Waals surface area contributed by atoms with Crippen LogP contribution in [0, 0.1) is 11.3 Å². The number of rotatable bonds is 0. The molecule has 0 radical (unpaired) electrons. The highest BCUT2D eigenvalue weighted by Gasteiger charge is 2.31. The zero-order chi connectivity index (χ0) is 8.55. The molecule has 0 aromatic heterocycles. The Morgan fingerprint density at radius 2 is 2.50 bits per heavy atom. The Kier molecular flexibility index (Phi) is 1.66. The fourth-order valence-corrected chi connectivity index (χ4v) is 1.62. The second kappa shape index (κ2) is 2.68. The highest BCUT2D eigenvalue weighted by atomic mass is 79.9. The zero-order valence-electron chi connectivity index (χ0n) is 6.11. The largest absolute Gasteiger partial charge is 0.288 e. The normalized spacial score (nSPS) is 25.3. The number of hydrogen-bond donors (Lipinski definition) is 0. The first kappa shape index (κ1) is 7.44. The molecule has 0 amide bonds. The van der Waals surface area contributed by atoms with Crippen LogP contribution in [-0.4, -0.2) is 21.6 Å². The van der Waals surface area contributed by atoms with Crippen LogP contribution in [0.5, 0.6) is 0 Å². The molecule has 0 aromatic carbocycles. The standard InChI is InChI=1S/C8H5BrN3/c9-7-5-11-8-6(4-10)2-1-3-12(7)8/h1-3,5,8H/q+1. The van der Waals surface area contributed by atoms with Crippen molar-refractivity contribution < 1.29 is 4.58 Å². The van der Waals surface area contributed by atoms with E-state index in [4.69, 9.17) is 5.26 Å². The minimum absolute atomic E-state index is 0.144. The smallest absolute Gasteiger partial charge is 0.213 e. The molecule has 0 aromatic rings. The highest BCUT2D eigenvalue weighted by Crippen LogP contribution is 2.17. The molecule has 1 atom stereocenters. The summed E-state index contributed by atoms with van der Waals surface area (Å²) in [4.78, 5) is 4.17. The van der Waals surface area contributed by atoms with Gasteiger partial charge in [0.15, 0.2) is 6.20 Å². The first-order valence-corrected chi connectivity index (χ1v) is 4.24. The van der Waals surface area contributed by atoms with E-state index in [1.54, 1.807) is 12.3 Å². The SMILES string of the molecule is N#CC1=CC=C[N+]2=C(Br)C=NC12. The molecule has 1 unspecified atom stereocenters. The van der Waals surface area contributed by atoms with Gasteiger partial charge >= 0.3 is 0 Å². The van der Waals surface area contributed by atoms with Gasteiger partial charge in [0, 0.05) is 22.0 Å². The number of hydrogen-bond acceptors (Lipinski definition) is 2. The Morgan fingerprint density at radius 3 is 3.25 bits per heavy atom. The summed E-state index contributed by atoms with van der Waals surface area (Å²) in [6.07, 6.45) is 7.08. The summed E-state index contributed by atoms with van der Waals surface area (Å²) in [5, 5.41) is 8.75. The van der Waals surface area contributed by atoms with Crippen LogP contribution in [0.15, 0.2) is 28.9 Å². The van der Waals surface area contributed by atoms with E-state index in [1.807, 2.05) is 16.9 Å². The van der Waals surface area contributed by atoms with Crippen LogP contribution in [0.3, 0.4) is 0 Å². The second-order valence-corrected chi connectivity index (χ2v) is 3.27. The summed E-state index contributed by atoms with van der Waals surface area (Å²) >= 11 is 3.34. The van der Waals surface area contributed by atoms with Gasteiger partial charge in [-0.05, 0) is 6.08 Å². The number of aliphatic imine (C=N–C) groups is 1. The predicted octanol–water partition coefficient (Wildman–Crippen LogP) is 1.18. The molecule has 0 bridgehead atoms. The molecule has 12 heavy (non-hydrogen) atoms. The summed E-state index contributed by atoms with van der Waals surface area (Å²) < 4.78 is 2.79. The third-order valence-corrected chi connectivity index (χ3v) is 2.38. The molecule has 58 valence electrons. The van der Waals surface area contributed by atoms with Gasteiger partial charge in [-0.25, -0.2) is 4.99 Å². The van der Waals surface area contributed by atoms with Crippen LogP contribution in [0.2, 0.25) is 0 Å². The molecule has 2 aliphatic heterocycles. The van der Waals surface area contributed by atoms with E-state index in [0.717, 1.165) is 4.62 Å². The summed E-state index contributed by atoms with van der Waals surface area (Å²) in [5.74, 6) is 0. The van der Waals surface area contributed by atoms with Gasteiger partial charge in [0.25, 0.3) is 10.8 Å². The van der Waals surface area contributed by atoms with Crippen molar-refractivity contribution in [2.45, 2.75) is 6.17 Å². The van der Waals surface area contributed by atoms with Gasteiger partial charge in [0.2, 0.25) is 0 Å². The summed E-state index contributed by atoms with van der Waals surface area (Å²) in [6.45, 7) is 0. The van der Waals surface area contributed by atoms with E-state index in [1.165, 1.54) is 0 Å². The van der Waals surface area contributed by atoms with Gasteiger partial charge < -0.3 is 0 Å². The maximum absolute atomic E-state index is 8.75. The Balaban J connectivity index is 2.49. The maximum Gasteiger partial charge on any atom is 0.288 e. The van der Waals surface area contributed by atoms with E-state index >= 15 is 0 Å². The van der Waals surface area contributed by atoms with E-state index in [9.17, 15) is 0 Å². The van der Waals surface area contributed by atoms with Crippen molar-refractivity contribution in [2.24, 2.45) is 4.99 Å². The molecule has 2 aliphatic rings. The minimum Gasteiger partial charge on any atom is -0.213 e. The Hall–Kier alpha value is -1.21. The average molecular weight is 223 g/mol. The lowest BCUT2D eigenvalue weighted by atomic mass is 10.2. The molecule has 0 fully saturated rings. The van der Waals surface area contributed by atoms with Crippen LogP contribution in [0.4, 0.5) is 0 Å². The van der Waals surface area contributed by atoms with Crippen LogP contribution in [-0.2, 0) is 0 Å². The minimum atomic E-state index is -0.144. The van der Waals surface area contributed by atoms with Gasteiger partial charge in [-0.1, -0.05) is 0 Å². The Labute approximate surface area is 78.2 Å². The van der Waals surface area contributed by atoms with Crippen molar-refractivity contribution >= 4 is 26.8 Å². The molecule has 0 spiro atoms. The molecule has 0 aliphatic carbocycles. The lowest BCUT2D eigenvalue weighted by Gasteiger charge is -2.05. The molecular formula is C8H5BrN3+. The van der Waals surface area contributed by atoms with E-state index in [2.05, 4.69) is 27.0 Å². The fourth-order valence-electron chi connectivity index (χ4n) is 1.19. The maximum atomic E-state index is 8.75.